The molecule has 0 aliphatic carbocycles. The van der Waals surface area contributed by atoms with Gasteiger partial charge in [-0.3, -0.25) is 14.5 Å². The first-order chi connectivity index (χ1) is 14.6. The molecule has 1 unspecified atom stereocenters. The van der Waals surface area contributed by atoms with E-state index in [2.05, 4.69) is 10.1 Å². The Hall–Kier alpha value is -2.45. The normalized spacial score (nSPS) is 25.1. The van der Waals surface area contributed by atoms with Crippen LogP contribution in [0.15, 0.2) is 28.8 Å². The maximum absolute atomic E-state index is 13.2. The maximum atomic E-state index is 13.2. The number of para-hydroxylation sites is 1. The van der Waals surface area contributed by atoms with Gasteiger partial charge in [-0.15, -0.1) is 0 Å². The fraction of sp³-hybridized carbons (Fsp3) is 0.591. The molecule has 160 valence electrons. The first kappa shape index (κ1) is 19.5. The average molecular weight is 412 g/mol. The highest BCUT2D eigenvalue weighted by atomic mass is 16.5. The Labute approximate surface area is 175 Å². The van der Waals surface area contributed by atoms with E-state index in [1.807, 2.05) is 34.1 Å². The monoisotopic (exact) mass is 412 g/mol. The molecule has 0 N–H and O–H groups in total. The van der Waals surface area contributed by atoms with Crippen LogP contribution in [0, 0.1) is 5.41 Å². The van der Waals surface area contributed by atoms with Crippen molar-refractivity contribution in [1.29, 1.82) is 0 Å². The van der Waals surface area contributed by atoms with Gasteiger partial charge in [0.15, 0.2) is 5.58 Å². The quantitative estimate of drug-likeness (QED) is 0.733. The van der Waals surface area contributed by atoms with Gasteiger partial charge in [0.25, 0.3) is 0 Å². The van der Waals surface area contributed by atoms with E-state index in [0.29, 0.717) is 24.4 Å². The van der Waals surface area contributed by atoms with Crippen LogP contribution in [0.5, 0.6) is 0 Å². The minimum Gasteiger partial charge on any atom is -0.379 e. The predicted molar refractivity (Wildman–Crippen MR) is 110 cm³/mol. The first-order valence-electron chi connectivity index (χ1n) is 10.9. The van der Waals surface area contributed by atoms with E-state index in [1.165, 1.54) is 0 Å². The lowest BCUT2D eigenvalue weighted by Gasteiger charge is -2.29. The molecule has 2 aromatic rings. The van der Waals surface area contributed by atoms with Crippen LogP contribution in [0.3, 0.4) is 0 Å². The first-order valence-corrected chi connectivity index (χ1v) is 10.9. The molecule has 3 saturated heterocycles. The van der Waals surface area contributed by atoms with Crippen molar-refractivity contribution in [2.45, 2.75) is 19.3 Å². The van der Waals surface area contributed by atoms with Gasteiger partial charge < -0.3 is 19.1 Å². The lowest BCUT2D eigenvalue weighted by Crippen LogP contribution is -2.44. The van der Waals surface area contributed by atoms with Gasteiger partial charge >= 0.3 is 0 Å². The molecular formula is C22H28N4O4. The molecule has 2 amide bonds. The highest BCUT2D eigenvalue weighted by Gasteiger charge is 2.51. The third kappa shape index (κ3) is 3.58. The van der Waals surface area contributed by atoms with Gasteiger partial charge in [-0.2, -0.15) is 0 Å². The van der Waals surface area contributed by atoms with Gasteiger partial charge in [0.1, 0.15) is 5.69 Å². The summed E-state index contributed by atoms with van der Waals surface area (Å²) in [7, 11) is 0. The van der Waals surface area contributed by atoms with Crippen LogP contribution in [0.25, 0.3) is 11.0 Å². The van der Waals surface area contributed by atoms with Crippen LogP contribution in [-0.2, 0) is 20.7 Å². The van der Waals surface area contributed by atoms with Crippen molar-refractivity contribution in [1.82, 2.24) is 19.9 Å². The Balaban J connectivity index is 1.18. The number of aromatic nitrogens is 1. The smallest absolute Gasteiger partial charge is 0.230 e. The number of rotatable bonds is 5. The predicted octanol–water partition coefficient (Wildman–Crippen LogP) is 1.15. The number of hydrogen-bond donors (Lipinski definition) is 0. The number of benzene rings is 1. The Morgan fingerprint density at radius 2 is 1.87 bits per heavy atom. The minimum absolute atomic E-state index is 0.0190. The molecule has 1 atom stereocenters. The summed E-state index contributed by atoms with van der Waals surface area (Å²) >= 11 is 0. The number of nitrogens with zero attached hydrogens (tertiary/aromatic N) is 4. The fourth-order valence-electron chi connectivity index (χ4n) is 4.98. The zero-order valence-corrected chi connectivity index (χ0v) is 17.2. The minimum atomic E-state index is -0.396. The molecule has 3 aliphatic rings. The van der Waals surface area contributed by atoms with Gasteiger partial charge in [-0.1, -0.05) is 17.3 Å². The van der Waals surface area contributed by atoms with Crippen molar-refractivity contribution in [3.05, 3.63) is 30.0 Å². The van der Waals surface area contributed by atoms with Crippen LogP contribution in [-0.4, -0.2) is 90.7 Å². The second-order valence-corrected chi connectivity index (χ2v) is 8.64. The standard InChI is InChI=1S/C22H28N4O4/c27-20(15-18-17-3-1-2-4-19(17)30-23-18)26-8-6-22(16-26)5-7-25(21(22)28)10-9-24-11-13-29-14-12-24/h1-4H,5-16H2. The third-order valence-electron chi connectivity index (χ3n) is 6.87. The van der Waals surface area contributed by atoms with E-state index in [-0.39, 0.29) is 18.2 Å². The molecule has 30 heavy (non-hydrogen) atoms. The van der Waals surface area contributed by atoms with E-state index in [0.717, 1.165) is 64.2 Å². The summed E-state index contributed by atoms with van der Waals surface area (Å²) < 4.78 is 10.7. The van der Waals surface area contributed by atoms with E-state index in [9.17, 15) is 9.59 Å². The van der Waals surface area contributed by atoms with Gasteiger partial charge in [0.05, 0.1) is 25.0 Å². The van der Waals surface area contributed by atoms with Crippen LogP contribution in [0.2, 0.25) is 0 Å². The zero-order valence-electron chi connectivity index (χ0n) is 17.2. The number of amides is 2. The molecule has 0 saturated carbocycles. The maximum Gasteiger partial charge on any atom is 0.230 e. The summed E-state index contributed by atoms with van der Waals surface area (Å²) in [5.41, 5.74) is 0.966. The van der Waals surface area contributed by atoms with Gasteiger partial charge in [-0.05, 0) is 25.0 Å². The van der Waals surface area contributed by atoms with Gasteiger partial charge in [0, 0.05) is 51.2 Å². The van der Waals surface area contributed by atoms with Crippen LogP contribution in [0.1, 0.15) is 18.5 Å². The highest BCUT2D eigenvalue weighted by Crippen LogP contribution is 2.40. The fourth-order valence-corrected chi connectivity index (χ4v) is 4.98. The zero-order chi connectivity index (χ0) is 20.6. The van der Waals surface area contributed by atoms with Crippen molar-refractivity contribution in [2.75, 3.05) is 59.0 Å². The summed E-state index contributed by atoms with van der Waals surface area (Å²) in [5.74, 6) is 0.239. The SMILES string of the molecule is O=C(Cc1noc2ccccc12)N1CCC2(CCN(CCN3CCOCC3)C2=O)C1. The molecule has 5 rings (SSSR count). The second kappa shape index (κ2) is 8.00. The lowest BCUT2D eigenvalue weighted by molar-refractivity contribution is -0.136. The van der Waals surface area contributed by atoms with Gasteiger partial charge in [0.2, 0.25) is 11.8 Å². The Morgan fingerprint density at radius 3 is 2.73 bits per heavy atom. The summed E-state index contributed by atoms with van der Waals surface area (Å²) in [4.78, 5) is 32.3. The Kier molecular flexibility index (Phi) is 5.20. The van der Waals surface area contributed by atoms with Crippen molar-refractivity contribution >= 4 is 22.8 Å². The number of carbonyl (C=O) groups is 2. The van der Waals surface area contributed by atoms with Crippen LogP contribution < -0.4 is 0 Å². The summed E-state index contributed by atoms with van der Waals surface area (Å²) in [6, 6.07) is 7.58. The molecule has 1 spiro atoms. The molecule has 0 radical (unpaired) electrons. The van der Waals surface area contributed by atoms with Crippen molar-refractivity contribution < 1.29 is 18.8 Å². The second-order valence-electron chi connectivity index (χ2n) is 8.64. The molecule has 3 fully saturated rings. The number of carbonyl (C=O) groups excluding carboxylic acids is 2. The molecule has 1 aromatic carbocycles. The van der Waals surface area contributed by atoms with Crippen molar-refractivity contribution in [3.8, 4) is 0 Å². The number of likely N-dealkylation sites (tertiary alicyclic amines) is 2. The Morgan fingerprint density at radius 1 is 1.07 bits per heavy atom. The number of hydrogen-bond acceptors (Lipinski definition) is 6. The van der Waals surface area contributed by atoms with E-state index in [4.69, 9.17) is 9.26 Å². The van der Waals surface area contributed by atoms with Crippen LogP contribution >= 0.6 is 0 Å². The van der Waals surface area contributed by atoms with Crippen LogP contribution in [0.4, 0.5) is 0 Å². The molecular weight excluding hydrogens is 384 g/mol. The van der Waals surface area contributed by atoms with Gasteiger partial charge in [-0.25, -0.2) is 0 Å². The number of ether oxygens (including phenoxy) is 1. The van der Waals surface area contributed by atoms with Crippen molar-refractivity contribution in [2.24, 2.45) is 5.41 Å². The molecule has 8 heteroatoms. The number of morpholine rings is 1. The molecule has 4 heterocycles. The average Bonchev–Trinajstić information content (AvgIpc) is 3.47. The Bertz CT molecular complexity index is 938. The highest BCUT2D eigenvalue weighted by molar-refractivity contribution is 5.89. The third-order valence-corrected chi connectivity index (χ3v) is 6.87. The van der Waals surface area contributed by atoms with E-state index < -0.39 is 5.41 Å². The molecule has 8 nitrogen and oxygen atoms in total. The largest absolute Gasteiger partial charge is 0.379 e. The summed E-state index contributed by atoms with van der Waals surface area (Å²) in [6.45, 7) is 7.03. The number of fused-ring (bicyclic) bond motifs is 1. The summed E-state index contributed by atoms with van der Waals surface area (Å²) in [6.07, 6.45) is 1.80. The molecule has 1 aromatic heterocycles. The molecule has 3 aliphatic heterocycles. The topological polar surface area (TPSA) is 79.1 Å². The lowest BCUT2D eigenvalue weighted by atomic mass is 9.85. The van der Waals surface area contributed by atoms with E-state index in [1.54, 1.807) is 0 Å². The van der Waals surface area contributed by atoms with Crippen molar-refractivity contribution in [3.63, 3.8) is 0 Å². The summed E-state index contributed by atoms with van der Waals surface area (Å²) in [5, 5.41) is 4.96. The van der Waals surface area contributed by atoms with E-state index >= 15 is 0 Å². The molecule has 0 bridgehead atoms.